The molecular weight excluding hydrogens is 358 g/mol. The molecule has 0 aliphatic heterocycles. The van der Waals surface area contributed by atoms with E-state index in [2.05, 4.69) is 48.8 Å². The van der Waals surface area contributed by atoms with E-state index in [4.69, 9.17) is 4.52 Å². The predicted molar refractivity (Wildman–Crippen MR) is 108 cm³/mol. The van der Waals surface area contributed by atoms with E-state index in [1.165, 1.54) is 4.88 Å². The van der Waals surface area contributed by atoms with E-state index in [0.717, 1.165) is 28.8 Å². The van der Waals surface area contributed by atoms with Crippen molar-refractivity contribution in [3.8, 4) is 10.6 Å². The van der Waals surface area contributed by atoms with Crippen LogP contribution in [0.5, 0.6) is 0 Å². The van der Waals surface area contributed by atoms with Gasteiger partial charge in [0.1, 0.15) is 0 Å². The fourth-order valence-electron chi connectivity index (χ4n) is 3.46. The Kier molecular flexibility index (Phi) is 4.54. The molecule has 0 radical (unpaired) electrons. The summed E-state index contributed by atoms with van der Waals surface area (Å²) < 4.78 is 5.45. The Balaban J connectivity index is 1.86. The zero-order chi connectivity index (χ0) is 19.3. The number of hydrogen-bond acceptors (Lipinski definition) is 5. The van der Waals surface area contributed by atoms with Gasteiger partial charge in [0.15, 0.2) is 0 Å². The number of rotatable bonds is 5. The maximum Gasteiger partial charge on any atom is 0.259 e. The highest BCUT2D eigenvalue weighted by molar-refractivity contribution is 7.15. The predicted octanol–water partition coefficient (Wildman–Crippen LogP) is 5.22. The van der Waals surface area contributed by atoms with Crippen molar-refractivity contribution in [2.24, 2.45) is 5.92 Å². The molecule has 1 aliphatic carbocycles. The molecule has 3 heterocycles. The molecule has 0 aromatic carbocycles. The average molecular weight is 384 g/mol. The summed E-state index contributed by atoms with van der Waals surface area (Å²) in [5.74, 6) is 0.460. The minimum atomic E-state index is 0.0620. The Bertz CT molecular complexity index is 1000. The smallest absolute Gasteiger partial charge is 0.259 e. The summed E-state index contributed by atoms with van der Waals surface area (Å²) in [7, 11) is 0. The van der Waals surface area contributed by atoms with E-state index in [9.17, 15) is 4.79 Å². The molecule has 1 fully saturated rings. The normalized spacial score (nSPS) is 15.5. The highest BCUT2D eigenvalue weighted by atomic mass is 32.1. The summed E-state index contributed by atoms with van der Waals surface area (Å²) in [6.45, 7) is 10.4. The molecule has 1 atom stereocenters. The van der Waals surface area contributed by atoms with Crippen molar-refractivity contribution in [1.29, 1.82) is 0 Å². The van der Waals surface area contributed by atoms with Gasteiger partial charge in [-0.15, -0.1) is 11.3 Å². The third-order valence-corrected chi connectivity index (χ3v) is 6.44. The summed E-state index contributed by atoms with van der Waals surface area (Å²) in [6, 6.07) is 6.55. The number of carbonyl (C=O) groups is 1. The topological polar surface area (TPSA) is 59.2 Å². The second-order valence-corrected chi connectivity index (χ2v) is 9.13. The number of hydrogen-bond donors (Lipinski definition) is 0. The van der Waals surface area contributed by atoms with Gasteiger partial charge in [-0.25, -0.2) is 4.98 Å². The maximum absolute atomic E-state index is 13.7. The molecule has 1 saturated carbocycles. The lowest BCUT2D eigenvalue weighted by Gasteiger charge is -2.32. The van der Waals surface area contributed by atoms with Crippen LogP contribution in [-0.4, -0.2) is 33.0 Å². The summed E-state index contributed by atoms with van der Waals surface area (Å²) in [4.78, 5) is 22.6. The van der Waals surface area contributed by atoms with Gasteiger partial charge in [0.2, 0.25) is 0 Å². The van der Waals surface area contributed by atoms with E-state index in [1.54, 1.807) is 11.3 Å². The van der Waals surface area contributed by atoms with Crippen LogP contribution in [0.25, 0.3) is 21.7 Å². The van der Waals surface area contributed by atoms with Crippen LogP contribution in [0.4, 0.5) is 0 Å². The molecule has 27 heavy (non-hydrogen) atoms. The molecule has 0 bridgehead atoms. The highest BCUT2D eigenvalue weighted by Gasteiger charge is 2.38. The fourth-order valence-corrected chi connectivity index (χ4v) is 4.29. The van der Waals surface area contributed by atoms with Crippen molar-refractivity contribution >= 4 is 28.3 Å². The van der Waals surface area contributed by atoms with Crippen molar-refractivity contribution in [2.45, 2.75) is 59.5 Å². The summed E-state index contributed by atoms with van der Waals surface area (Å²) in [5.41, 5.74) is 2.57. The first-order valence-corrected chi connectivity index (χ1v) is 10.3. The standard InChI is InChI=1S/C21H25N3O2S/c1-11(2)14(5)24(15-7-8-15)21(25)16-10-17(18-9-6-12(3)27-18)22-20-19(16)13(4)23-26-20/h6,9-11,14-15H,7-8H2,1-5H3. The van der Waals surface area contributed by atoms with Gasteiger partial charge < -0.3 is 9.42 Å². The van der Waals surface area contributed by atoms with Crippen molar-refractivity contribution in [1.82, 2.24) is 15.0 Å². The minimum absolute atomic E-state index is 0.0620. The van der Waals surface area contributed by atoms with Crippen molar-refractivity contribution in [2.75, 3.05) is 0 Å². The van der Waals surface area contributed by atoms with Crippen LogP contribution < -0.4 is 0 Å². The summed E-state index contributed by atoms with van der Waals surface area (Å²) in [5, 5.41) is 4.81. The molecule has 4 rings (SSSR count). The zero-order valence-electron chi connectivity index (χ0n) is 16.4. The molecular formula is C21H25N3O2S. The molecule has 1 amide bonds. The lowest BCUT2D eigenvalue weighted by molar-refractivity contribution is 0.0630. The molecule has 3 aromatic heterocycles. The van der Waals surface area contributed by atoms with Crippen LogP contribution in [0, 0.1) is 19.8 Å². The Morgan fingerprint density at radius 1 is 1.26 bits per heavy atom. The average Bonchev–Trinajstić information content (AvgIpc) is 3.26. The van der Waals surface area contributed by atoms with Gasteiger partial charge in [-0.3, -0.25) is 4.79 Å². The van der Waals surface area contributed by atoms with Crippen LogP contribution in [0.15, 0.2) is 22.7 Å². The monoisotopic (exact) mass is 383 g/mol. The van der Waals surface area contributed by atoms with E-state index in [-0.39, 0.29) is 11.9 Å². The van der Waals surface area contributed by atoms with Crippen LogP contribution in [0.3, 0.4) is 0 Å². The number of fused-ring (bicyclic) bond motifs is 1. The van der Waals surface area contributed by atoms with Crippen molar-refractivity contribution in [3.63, 3.8) is 0 Å². The second-order valence-electron chi connectivity index (χ2n) is 7.84. The highest BCUT2D eigenvalue weighted by Crippen LogP contribution is 2.36. The molecule has 3 aromatic rings. The van der Waals surface area contributed by atoms with Gasteiger partial charge in [0.05, 0.1) is 27.2 Å². The van der Waals surface area contributed by atoms with Crippen LogP contribution in [0.1, 0.15) is 54.5 Å². The summed E-state index contributed by atoms with van der Waals surface area (Å²) >= 11 is 1.67. The third kappa shape index (κ3) is 3.27. The maximum atomic E-state index is 13.7. The van der Waals surface area contributed by atoms with Gasteiger partial charge in [-0.1, -0.05) is 19.0 Å². The fraction of sp³-hybridized carbons (Fsp3) is 0.476. The van der Waals surface area contributed by atoms with Crippen LogP contribution >= 0.6 is 11.3 Å². The van der Waals surface area contributed by atoms with Gasteiger partial charge in [-0.05, 0) is 57.7 Å². The van der Waals surface area contributed by atoms with Gasteiger partial charge in [-0.2, -0.15) is 0 Å². The van der Waals surface area contributed by atoms with E-state index < -0.39 is 0 Å². The number of carbonyl (C=O) groups excluding carboxylic acids is 1. The Morgan fingerprint density at radius 3 is 2.59 bits per heavy atom. The SMILES string of the molecule is Cc1ccc(-c2cc(C(=O)N(C3CC3)C(C)C(C)C)c3c(C)noc3n2)s1. The second kappa shape index (κ2) is 6.75. The number of pyridine rings is 1. The largest absolute Gasteiger partial charge is 0.335 e. The molecule has 142 valence electrons. The molecule has 1 unspecified atom stereocenters. The minimum Gasteiger partial charge on any atom is -0.335 e. The number of thiophene rings is 1. The number of aromatic nitrogens is 2. The van der Waals surface area contributed by atoms with Gasteiger partial charge in [0, 0.05) is 17.0 Å². The number of aryl methyl sites for hydroxylation is 2. The molecule has 5 nitrogen and oxygen atoms in total. The Morgan fingerprint density at radius 2 is 2.00 bits per heavy atom. The third-order valence-electron chi connectivity index (χ3n) is 5.42. The van der Waals surface area contributed by atoms with Crippen molar-refractivity contribution in [3.05, 3.63) is 34.3 Å². The van der Waals surface area contributed by atoms with E-state index in [1.807, 2.05) is 19.1 Å². The number of amides is 1. The molecule has 0 saturated heterocycles. The summed E-state index contributed by atoms with van der Waals surface area (Å²) in [6.07, 6.45) is 2.16. The van der Waals surface area contributed by atoms with Crippen LogP contribution in [0.2, 0.25) is 0 Å². The lowest BCUT2D eigenvalue weighted by Crippen LogP contribution is -2.43. The first-order valence-electron chi connectivity index (χ1n) is 9.53. The van der Waals surface area contributed by atoms with Crippen LogP contribution in [-0.2, 0) is 0 Å². The molecule has 0 N–H and O–H groups in total. The van der Waals surface area contributed by atoms with E-state index >= 15 is 0 Å². The Labute approximate surface area is 163 Å². The lowest BCUT2D eigenvalue weighted by atomic mass is 10.0. The zero-order valence-corrected chi connectivity index (χ0v) is 17.3. The quantitative estimate of drug-likeness (QED) is 0.606. The van der Waals surface area contributed by atoms with Crippen molar-refractivity contribution < 1.29 is 9.32 Å². The molecule has 1 aliphatic rings. The Hall–Kier alpha value is -2.21. The first-order chi connectivity index (χ1) is 12.9. The van der Waals surface area contributed by atoms with Gasteiger partial charge >= 0.3 is 0 Å². The number of nitrogens with zero attached hydrogens (tertiary/aromatic N) is 3. The first kappa shape index (κ1) is 18.2. The molecule has 0 spiro atoms. The molecule has 6 heteroatoms. The van der Waals surface area contributed by atoms with E-state index in [0.29, 0.717) is 28.9 Å². The van der Waals surface area contributed by atoms with Gasteiger partial charge in [0.25, 0.3) is 11.6 Å².